The van der Waals surface area contributed by atoms with E-state index >= 15 is 0 Å². The van der Waals surface area contributed by atoms with Crippen molar-refractivity contribution in [3.05, 3.63) is 6.61 Å². The summed E-state index contributed by atoms with van der Waals surface area (Å²) in [6.45, 7) is 11.6. The van der Waals surface area contributed by atoms with Gasteiger partial charge in [0.15, 0.2) is 0 Å². The van der Waals surface area contributed by atoms with Gasteiger partial charge in [-0.25, -0.2) is 9.78 Å². The maximum atomic E-state index is 4.98. The van der Waals surface area contributed by atoms with Crippen LogP contribution in [0.3, 0.4) is 0 Å². The van der Waals surface area contributed by atoms with Crippen LogP contribution in [0.1, 0.15) is 34.6 Å². The Labute approximate surface area is 63.5 Å². The van der Waals surface area contributed by atoms with Gasteiger partial charge in [-0.3, -0.25) is 0 Å². The molecule has 2 heteroatoms. The van der Waals surface area contributed by atoms with Crippen molar-refractivity contribution in [1.29, 1.82) is 0 Å². The highest BCUT2D eigenvalue weighted by Crippen LogP contribution is 2.09. The van der Waals surface area contributed by atoms with E-state index in [-0.39, 0.29) is 5.60 Å². The second kappa shape index (κ2) is 3.94. The zero-order valence-electron chi connectivity index (χ0n) is 7.47. The second-order valence-electron chi connectivity index (χ2n) is 3.67. The Morgan fingerprint density at radius 1 is 1.20 bits per heavy atom. The van der Waals surface area contributed by atoms with Crippen LogP contribution >= 0.6 is 0 Å². The smallest absolute Gasteiger partial charge is 0.125 e. The lowest BCUT2D eigenvalue weighted by Gasteiger charge is -2.17. The molecule has 0 saturated heterocycles. The van der Waals surface area contributed by atoms with E-state index in [1.807, 2.05) is 34.6 Å². The molecule has 61 valence electrons. The average molecular weight is 145 g/mol. The van der Waals surface area contributed by atoms with Crippen molar-refractivity contribution in [3.8, 4) is 0 Å². The number of hydrogen-bond donors (Lipinski definition) is 0. The summed E-state index contributed by atoms with van der Waals surface area (Å²) in [6, 6.07) is 0. The lowest BCUT2D eigenvalue weighted by Crippen LogP contribution is -2.19. The van der Waals surface area contributed by atoms with Crippen molar-refractivity contribution in [2.75, 3.05) is 0 Å². The molecule has 0 aliphatic carbocycles. The van der Waals surface area contributed by atoms with Gasteiger partial charge in [-0.05, 0) is 26.7 Å². The predicted octanol–water partition coefficient (Wildman–Crippen LogP) is 2.55. The van der Waals surface area contributed by atoms with Gasteiger partial charge in [0.1, 0.15) is 6.61 Å². The minimum absolute atomic E-state index is 0.217. The molecule has 0 aromatic rings. The summed E-state index contributed by atoms with van der Waals surface area (Å²) in [5.41, 5.74) is -0.217. The Kier molecular flexibility index (Phi) is 3.91. The maximum Gasteiger partial charge on any atom is 0.125 e. The summed E-state index contributed by atoms with van der Waals surface area (Å²) in [5.74, 6) is 0.405. The third-order valence-corrected chi connectivity index (χ3v) is 0.626. The molecule has 0 rings (SSSR count). The molecule has 0 N–H and O–H groups in total. The lowest BCUT2D eigenvalue weighted by molar-refractivity contribution is -0.330. The highest BCUT2D eigenvalue weighted by molar-refractivity contribution is 4.57. The fraction of sp³-hybridized carbons (Fsp3) is 0.875. The van der Waals surface area contributed by atoms with Crippen LogP contribution in [-0.2, 0) is 9.78 Å². The third kappa shape index (κ3) is 7.92. The van der Waals surface area contributed by atoms with E-state index in [4.69, 9.17) is 9.78 Å². The zero-order chi connectivity index (χ0) is 8.20. The molecule has 0 bridgehead atoms. The van der Waals surface area contributed by atoms with Crippen LogP contribution in [0.4, 0.5) is 0 Å². The largest absolute Gasteiger partial charge is 0.231 e. The normalized spacial score (nSPS) is 12.6. The van der Waals surface area contributed by atoms with Crippen LogP contribution in [-0.4, -0.2) is 5.60 Å². The maximum absolute atomic E-state index is 4.98. The predicted molar refractivity (Wildman–Crippen MR) is 41.1 cm³/mol. The monoisotopic (exact) mass is 145 g/mol. The van der Waals surface area contributed by atoms with Gasteiger partial charge < -0.3 is 0 Å². The first-order valence-electron chi connectivity index (χ1n) is 3.59. The number of rotatable bonds is 3. The molecule has 0 heterocycles. The number of hydrogen-bond acceptors (Lipinski definition) is 2. The highest BCUT2D eigenvalue weighted by atomic mass is 17.2. The first-order chi connectivity index (χ1) is 4.42. The topological polar surface area (TPSA) is 18.5 Å². The summed E-state index contributed by atoms with van der Waals surface area (Å²) in [4.78, 5) is 9.82. The van der Waals surface area contributed by atoms with Crippen LogP contribution in [0.25, 0.3) is 0 Å². The standard InChI is InChI=1S/C8H17O2/c1-7(2)6-9-10-8(3,4)5/h6-7H,1-5H3. The van der Waals surface area contributed by atoms with Crippen LogP contribution in [0.5, 0.6) is 0 Å². The van der Waals surface area contributed by atoms with Crippen molar-refractivity contribution < 1.29 is 9.78 Å². The van der Waals surface area contributed by atoms with Crippen LogP contribution in [0, 0.1) is 12.5 Å². The SMILES string of the molecule is CC(C)[CH]OOC(C)(C)C. The first-order valence-corrected chi connectivity index (χ1v) is 3.59. The Morgan fingerprint density at radius 2 is 1.70 bits per heavy atom. The van der Waals surface area contributed by atoms with E-state index in [1.165, 1.54) is 0 Å². The van der Waals surface area contributed by atoms with Gasteiger partial charge in [0.05, 0.1) is 5.60 Å². The van der Waals surface area contributed by atoms with Gasteiger partial charge >= 0.3 is 0 Å². The quantitative estimate of drug-likeness (QED) is 0.449. The van der Waals surface area contributed by atoms with Crippen LogP contribution < -0.4 is 0 Å². The molecule has 0 unspecified atom stereocenters. The van der Waals surface area contributed by atoms with E-state index in [0.29, 0.717) is 5.92 Å². The molecule has 10 heavy (non-hydrogen) atoms. The van der Waals surface area contributed by atoms with E-state index in [9.17, 15) is 0 Å². The van der Waals surface area contributed by atoms with Crippen molar-refractivity contribution in [1.82, 2.24) is 0 Å². The van der Waals surface area contributed by atoms with Crippen molar-refractivity contribution in [2.24, 2.45) is 5.92 Å². The second-order valence-corrected chi connectivity index (χ2v) is 3.67. The van der Waals surface area contributed by atoms with Gasteiger partial charge in [0.25, 0.3) is 0 Å². The summed E-state index contributed by atoms with van der Waals surface area (Å²) in [7, 11) is 0. The molecular weight excluding hydrogens is 128 g/mol. The molecule has 0 aliphatic heterocycles. The molecule has 0 aromatic heterocycles. The Morgan fingerprint density at radius 3 is 2.00 bits per heavy atom. The fourth-order valence-corrected chi connectivity index (χ4v) is 0.283. The molecule has 1 radical (unpaired) electrons. The molecular formula is C8H17O2. The minimum atomic E-state index is -0.217. The molecule has 0 amide bonds. The first kappa shape index (κ1) is 9.92. The van der Waals surface area contributed by atoms with E-state index in [0.717, 1.165) is 0 Å². The van der Waals surface area contributed by atoms with Gasteiger partial charge in [0, 0.05) is 0 Å². The Balaban J connectivity index is 3.21. The lowest BCUT2D eigenvalue weighted by atomic mass is 10.2. The molecule has 0 aliphatic rings. The molecule has 0 atom stereocenters. The fourth-order valence-electron chi connectivity index (χ4n) is 0.283. The van der Waals surface area contributed by atoms with Crippen LogP contribution in [0.15, 0.2) is 0 Å². The molecule has 0 spiro atoms. The average Bonchev–Trinajstić information content (AvgIpc) is 1.59. The highest BCUT2D eigenvalue weighted by Gasteiger charge is 2.11. The molecule has 0 fully saturated rings. The Bertz CT molecular complexity index is 81.7. The zero-order valence-corrected chi connectivity index (χ0v) is 7.47. The molecule has 2 nitrogen and oxygen atoms in total. The minimum Gasteiger partial charge on any atom is -0.231 e. The van der Waals surface area contributed by atoms with Crippen molar-refractivity contribution in [2.45, 2.75) is 40.2 Å². The summed E-state index contributed by atoms with van der Waals surface area (Å²) in [6.07, 6.45) is 0. The van der Waals surface area contributed by atoms with E-state index in [1.54, 1.807) is 6.61 Å². The summed E-state index contributed by atoms with van der Waals surface area (Å²) in [5, 5.41) is 0. The summed E-state index contributed by atoms with van der Waals surface area (Å²) >= 11 is 0. The molecule has 0 saturated carbocycles. The Hall–Kier alpha value is -0.0800. The van der Waals surface area contributed by atoms with Gasteiger partial charge in [-0.15, -0.1) is 0 Å². The van der Waals surface area contributed by atoms with Gasteiger partial charge in [-0.2, -0.15) is 0 Å². The summed E-state index contributed by atoms with van der Waals surface area (Å²) < 4.78 is 0. The van der Waals surface area contributed by atoms with E-state index < -0.39 is 0 Å². The third-order valence-electron chi connectivity index (χ3n) is 0.626. The van der Waals surface area contributed by atoms with Gasteiger partial charge in [0.2, 0.25) is 0 Å². The van der Waals surface area contributed by atoms with E-state index in [2.05, 4.69) is 0 Å². The molecule has 0 aromatic carbocycles. The van der Waals surface area contributed by atoms with Crippen LogP contribution in [0.2, 0.25) is 0 Å². The van der Waals surface area contributed by atoms with Crippen molar-refractivity contribution >= 4 is 0 Å². The van der Waals surface area contributed by atoms with Crippen molar-refractivity contribution in [3.63, 3.8) is 0 Å². The van der Waals surface area contributed by atoms with Gasteiger partial charge in [-0.1, -0.05) is 13.8 Å².